The first-order chi connectivity index (χ1) is 9.77. The minimum Gasteiger partial charge on any atom is -0.308 e. The van der Waals surface area contributed by atoms with Crippen LogP contribution in [0, 0.1) is 0 Å². The summed E-state index contributed by atoms with van der Waals surface area (Å²) in [5.74, 6) is 2.13. The van der Waals surface area contributed by atoms with E-state index in [9.17, 15) is 0 Å². The summed E-state index contributed by atoms with van der Waals surface area (Å²) in [7, 11) is 0. The number of hydrogen-bond acceptors (Lipinski definition) is 5. The molecule has 1 unspecified atom stereocenters. The number of nitrogens with one attached hydrogen (secondary N) is 1. The van der Waals surface area contributed by atoms with Gasteiger partial charge in [0.1, 0.15) is 0 Å². The molecule has 0 bridgehead atoms. The monoisotopic (exact) mass is 289 g/mol. The number of thioether (sulfide) groups is 1. The minimum absolute atomic E-state index is 0.366. The Morgan fingerprint density at radius 3 is 2.95 bits per heavy atom. The number of tetrazole rings is 1. The maximum atomic E-state index is 4.11. The van der Waals surface area contributed by atoms with E-state index in [-0.39, 0.29) is 0 Å². The normalized spacial score (nSPS) is 22.2. The molecule has 0 saturated carbocycles. The zero-order chi connectivity index (χ0) is 13.8. The van der Waals surface area contributed by atoms with Gasteiger partial charge in [0.05, 0.1) is 12.2 Å². The van der Waals surface area contributed by atoms with Crippen LogP contribution in [0.3, 0.4) is 0 Å². The van der Waals surface area contributed by atoms with E-state index in [4.69, 9.17) is 0 Å². The summed E-state index contributed by atoms with van der Waals surface area (Å²) in [6.45, 7) is 4.02. The molecule has 1 atom stereocenters. The van der Waals surface area contributed by atoms with Gasteiger partial charge in [-0.1, -0.05) is 18.2 Å². The van der Waals surface area contributed by atoms with E-state index in [1.807, 2.05) is 30.3 Å². The van der Waals surface area contributed by atoms with Crippen molar-refractivity contribution in [2.24, 2.45) is 0 Å². The lowest BCUT2D eigenvalue weighted by molar-refractivity contribution is 0.526. The highest BCUT2D eigenvalue weighted by atomic mass is 32.2. The van der Waals surface area contributed by atoms with E-state index in [1.165, 1.54) is 18.6 Å². The second-order valence-corrected chi connectivity index (χ2v) is 7.03. The number of rotatable bonds is 5. The molecule has 1 fully saturated rings. The first-order valence-electron chi connectivity index (χ1n) is 6.94. The highest BCUT2D eigenvalue weighted by Crippen LogP contribution is 2.36. The Balaban J connectivity index is 1.63. The lowest BCUT2D eigenvalue weighted by Crippen LogP contribution is -2.33. The summed E-state index contributed by atoms with van der Waals surface area (Å²) >= 11 is 2.06. The zero-order valence-electron chi connectivity index (χ0n) is 11.6. The number of para-hydroxylation sites is 1. The topological polar surface area (TPSA) is 55.6 Å². The van der Waals surface area contributed by atoms with Crippen LogP contribution >= 0.6 is 11.8 Å². The van der Waals surface area contributed by atoms with Crippen molar-refractivity contribution in [2.45, 2.75) is 31.1 Å². The Morgan fingerprint density at radius 1 is 1.35 bits per heavy atom. The van der Waals surface area contributed by atoms with Crippen molar-refractivity contribution >= 4 is 11.8 Å². The van der Waals surface area contributed by atoms with Crippen LogP contribution in [0.4, 0.5) is 0 Å². The lowest BCUT2D eigenvalue weighted by atomic mass is 10.1. The molecular formula is C14H19N5S. The number of hydrogen-bond donors (Lipinski definition) is 1. The average Bonchev–Trinajstić information content (AvgIpc) is 3.10. The van der Waals surface area contributed by atoms with Gasteiger partial charge in [-0.25, -0.2) is 0 Å². The molecule has 106 valence electrons. The van der Waals surface area contributed by atoms with Crippen molar-refractivity contribution in [3.63, 3.8) is 0 Å². The van der Waals surface area contributed by atoms with E-state index >= 15 is 0 Å². The molecular weight excluding hydrogens is 270 g/mol. The van der Waals surface area contributed by atoms with Crippen molar-refractivity contribution in [2.75, 3.05) is 12.3 Å². The van der Waals surface area contributed by atoms with E-state index in [2.05, 4.69) is 39.5 Å². The van der Waals surface area contributed by atoms with E-state index in [0.29, 0.717) is 11.3 Å². The molecule has 2 aromatic rings. The molecule has 1 aliphatic heterocycles. The second-order valence-electron chi connectivity index (χ2n) is 5.35. The van der Waals surface area contributed by atoms with Crippen LogP contribution in [0.15, 0.2) is 30.3 Å². The summed E-state index contributed by atoms with van der Waals surface area (Å²) in [5.41, 5.74) is 0.996. The van der Waals surface area contributed by atoms with Gasteiger partial charge in [-0.05, 0) is 48.1 Å². The van der Waals surface area contributed by atoms with Crippen molar-refractivity contribution < 1.29 is 0 Å². The van der Waals surface area contributed by atoms with Gasteiger partial charge in [0, 0.05) is 11.3 Å². The summed E-state index contributed by atoms with van der Waals surface area (Å²) < 4.78 is 2.15. The average molecular weight is 289 g/mol. The summed E-state index contributed by atoms with van der Waals surface area (Å²) in [5, 5.41) is 15.5. The Hall–Kier alpha value is -1.40. The molecule has 6 heteroatoms. The van der Waals surface area contributed by atoms with Crippen LogP contribution in [-0.2, 0) is 6.54 Å². The molecule has 5 nitrogen and oxygen atoms in total. The molecule has 1 aliphatic rings. The largest absolute Gasteiger partial charge is 0.308 e. The fourth-order valence-electron chi connectivity index (χ4n) is 2.50. The first kappa shape index (κ1) is 13.6. The Bertz CT molecular complexity index is 548. The molecule has 1 N–H and O–H groups in total. The smallest absolute Gasteiger partial charge is 0.170 e. The molecule has 20 heavy (non-hydrogen) atoms. The molecule has 1 saturated heterocycles. The maximum Gasteiger partial charge on any atom is 0.170 e. The third-order valence-corrected chi connectivity index (χ3v) is 5.16. The molecule has 0 radical (unpaired) electrons. The number of nitrogens with zero attached hydrogens (tertiary/aromatic N) is 4. The van der Waals surface area contributed by atoms with Crippen LogP contribution in [0.25, 0.3) is 5.69 Å². The van der Waals surface area contributed by atoms with Crippen LogP contribution in [0.5, 0.6) is 0 Å². The van der Waals surface area contributed by atoms with Gasteiger partial charge in [0.25, 0.3) is 0 Å². The fourth-order valence-corrected chi connectivity index (χ4v) is 3.77. The van der Waals surface area contributed by atoms with Crippen LogP contribution in [0.1, 0.15) is 25.6 Å². The molecule has 2 heterocycles. The Morgan fingerprint density at radius 2 is 2.20 bits per heavy atom. The number of benzene rings is 1. The second kappa shape index (κ2) is 5.93. The maximum absolute atomic E-state index is 4.11. The predicted octanol–water partition coefficient (Wildman–Crippen LogP) is 2.04. The fraction of sp³-hybridized carbons (Fsp3) is 0.500. The van der Waals surface area contributed by atoms with E-state index < -0.39 is 0 Å². The van der Waals surface area contributed by atoms with Crippen LogP contribution in [-0.4, -0.2) is 37.3 Å². The van der Waals surface area contributed by atoms with Crippen molar-refractivity contribution in [1.82, 2.24) is 25.5 Å². The van der Waals surface area contributed by atoms with Gasteiger partial charge in [-0.15, -0.1) is 5.10 Å². The van der Waals surface area contributed by atoms with E-state index in [1.54, 1.807) is 4.68 Å². The predicted molar refractivity (Wildman–Crippen MR) is 81.0 cm³/mol. The minimum atomic E-state index is 0.366. The van der Waals surface area contributed by atoms with Gasteiger partial charge in [0.15, 0.2) is 5.82 Å². The molecule has 1 aromatic carbocycles. The molecule has 1 aromatic heterocycles. The quantitative estimate of drug-likeness (QED) is 0.913. The van der Waals surface area contributed by atoms with Crippen molar-refractivity contribution in [1.29, 1.82) is 0 Å². The van der Waals surface area contributed by atoms with Crippen molar-refractivity contribution in [3.8, 4) is 5.69 Å². The van der Waals surface area contributed by atoms with Gasteiger partial charge < -0.3 is 5.32 Å². The molecule has 0 aliphatic carbocycles. The SMILES string of the molecule is CC1(CNCc2nnnn2-c2ccccc2)CCCS1. The van der Waals surface area contributed by atoms with Gasteiger partial charge >= 0.3 is 0 Å². The Labute approximate surface area is 123 Å². The van der Waals surface area contributed by atoms with Crippen LogP contribution < -0.4 is 5.32 Å². The Kier molecular flexibility index (Phi) is 4.03. The highest BCUT2D eigenvalue weighted by Gasteiger charge is 2.28. The van der Waals surface area contributed by atoms with E-state index in [0.717, 1.165) is 18.1 Å². The van der Waals surface area contributed by atoms with Crippen molar-refractivity contribution in [3.05, 3.63) is 36.2 Å². The van der Waals surface area contributed by atoms with Crippen LogP contribution in [0.2, 0.25) is 0 Å². The standard InChI is InChI=1S/C14H19N5S/c1-14(8-5-9-20-14)11-15-10-13-16-17-18-19(13)12-6-3-2-4-7-12/h2-4,6-7,15H,5,8-11H2,1H3. The molecule has 0 amide bonds. The zero-order valence-corrected chi connectivity index (χ0v) is 12.4. The third kappa shape index (κ3) is 3.02. The summed E-state index contributed by atoms with van der Waals surface area (Å²) in [4.78, 5) is 0. The third-order valence-electron chi connectivity index (χ3n) is 3.62. The van der Waals surface area contributed by atoms with Gasteiger partial charge in [-0.3, -0.25) is 0 Å². The first-order valence-corrected chi connectivity index (χ1v) is 7.93. The lowest BCUT2D eigenvalue weighted by Gasteiger charge is -2.22. The van der Waals surface area contributed by atoms with Gasteiger partial charge in [-0.2, -0.15) is 16.4 Å². The van der Waals surface area contributed by atoms with Gasteiger partial charge in [0.2, 0.25) is 0 Å². The highest BCUT2D eigenvalue weighted by molar-refractivity contribution is 8.00. The summed E-state index contributed by atoms with van der Waals surface area (Å²) in [6, 6.07) is 9.99. The molecule has 3 rings (SSSR count). The molecule has 0 spiro atoms. The number of aromatic nitrogens is 4. The summed E-state index contributed by atoms with van der Waals surface area (Å²) in [6.07, 6.45) is 2.61.